The first-order chi connectivity index (χ1) is 12.9. The summed E-state index contributed by atoms with van der Waals surface area (Å²) in [6, 6.07) is 10.2. The minimum Gasteiger partial charge on any atom is -0.366 e. The van der Waals surface area contributed by atoms with Crippen molar-refractivity contribution >= 4 is 34.7 Å². The number of nitrogens with one attached hydrogen (secondary N) is 2. The average Bonchev–Trinajstić information content (AvgIpc) is 3.15. The van der Waals surface area contributed by atoms with Crippen LogP contribution in [0.2, 0.25) is 0 Å². The van der Waals surface area contributed by atoms with Crippen LogP contribution in [0.5, 0.6) is 0 Å². The van der Waals surface area contributed by atoms with E-state index >= 15 is 0 Å². The third-order valence-corrected chi connectivity index (χ3v) is 4.27. The molecule has 1 heterocycles. The molecule has 27 heavy (non-hydrogen) atoms. The molecule has 0 radical (unpaired) electrons. The van der Waals surface area contributed by atoms with Crippen LogP contribution in [0.15, 0.2) is 42.5 Å². The van der Waals surface area contributed by atoms with Crippen molar-refractivity contribution < 1.29 is 14.5 Å². The van der Waals surface area contributed by atoms with Gasteiger partial charge < -0.3 is 21.3 Å². The summed E-state index contributed by atoms with van der Waals surface area (Å²) in [4.78, 5) is 36.4. The maximum Gasteiger partial charge on any atom is 0.316 e. The minimum atomic E-state index is -0.716. The highest BCUT2D eigenvalue weighted by molar-refractivity contribution is 6.05. The molecule has 9 heteroatoms. The summed E-state index contributed by atoms with van der Waals surface area (Å²) < 4.78 is 0. The normalized spacial score (nSPS) is 13.3. The lowest BCUT2D eigenvalue weighted by atomic mass is 10.1. The van der Waals surface area contributed by atoms with Gasteiger partial charge in [-0.3, -0.25) is 14.9 Å². The number of nitrogens with two attached hydrogens (primary N) is 1. The maximum atomic E-state index is 12.5. The molecule has 0 aliphatic carbocycles. The fourth-order valence-electron chi connectivity index (χ4n) is 3.06. The topological polar surface area (TPSA) is 131 Å². The van der Waals surface area contributed by atoms with Crippen molar-refractivity contribution in [2.24, 2.45) is 5.73 Å². The summed E-state index contributed by atoms with van der Waals surface area (Å²) in [5, 5.41) is 16.5. The Kier molecular flexibility index (Phi) is 5.20. The van der Waals surface area contributed by atoms with Crippen LogP contribution in [0, 0.1) is 10.1 Å². The van der Waals surface area contributed by atoms with Gasteiger partial charge in [-0.25, -0.2) is 4.79 Å². The van der Waals surface area contributed by atoms with E-state index in [4.69, 9.17) is 5.73 Å². The second kappa shape index (κ2) is 7.73. The summed E-state index contributed by atoms with van der Waals surface area (Å²) >= 11 is 0. The van der Waals surface area contributed by atoms with Crippen LogP contribution in [-0.2, 0) is 0 Å². The number of carbonyl (C=O) groups excluding carboxylic acids is 2. The number of benzene rings is 2. The van der Waals surface area contributed by atoms with Crippen molar-refractivity contribution in [3.8, 4) is 0 Å². The second-order valence-electron chi connectivity index (χ2n) is 6.18. The van der Waals surface area contributed by atoms with Crippen molar-refractivity contribution in [3.05, 3.63) is 58.1 Å². The van der Waals surface area contributed by atoms with Gasteiger partial charge in [0.25, 0.3) is 11.6 Å². The zero-order valence-corrected chi connectivity index (χ0v) is 14.5. The molecule has 0 saturated carbocycles. The van der Waals surface area contributed by atoms with Crippen molar-refractivity contribution in [2.45, 2.75) is 12.8 Å². The maximum absolute atomic E-state index is 12.5. The zero-order valence-electron chi connectivity index (χ0n) is 14.5. The van der Waals surface area contributed by atoms with Crippen LogP contribution in [0.1, 0.15) is 23.2 Å². The molecule has 1 fully saturated rings. The third-order valence-electron chi connectivity index (χ3n) is 4.27. The molecule has 3 rings (SSSR count). The quantitative estimate of drug-likeness (QED) is 0.551. The lowest BCUT2D eigenvalue weighted by Gasteiger charge is -2.17. The van der Waals surface area contributed by atoms with Gasteiger partial charge in [0, 0.05) is 36.1 Å². The van der Waals surface area contributed by atoms with E-state index in [-0.39, 0.29) is 11.3 Å². The molecule has 2 aromatic rings. The smallest absolute Gasteiger partial charge is 0.316 e. The predicted octanol–water partition coefficient (Wildman–Crippen LogP) is 2.94. The zero-order chi connectivity index (χ0) is 19.4. The number of amides is 3. The summed E-state index contributed by atoms with van der Waals surface area (Å²) in [7, 11) is 0. The summed E-state index contributed by atoms with van der Waals surface area (Å²) in [5.74, 6) is -0.484. The van der Waals surface area contributed by atoms with Crippen LogP contribution < -0.4 is 21.3 Å². The van der Waals surface area contributed by atoms with E-state index < -0.39 is 16.9 Å². The van der Waals surface area contributed by atoms with Gasteiger partial charge in [-0.2, -0.15) is 0 Å². The molecule has 3 amide bonds. The van der Waals surface area contributed by atoms with Gasteiger partial charge >= 0.3 is 6.03 Å². The number of primary amides is 1. The monoisotopic (exact) mass is 369 g/mol. The molecular formula is C18H19N5O4. The molecule has 0 aromatic heterocycles. The molecule has 4 N–H and O–H groups in total. The summed E-state index contributed by atoms with van der Waals surface area (Å²) in [6.07, 6.45) is 1.99. The van der Waals surface area contributed by atoms with E-state index in [0.717, 1.165) is 25.9 Å². The van der Waals surface area contributed by atoms with Crippen LogP contribution in [0.3, 0.4) is 0 Å². The third kappa shape index (κ3) is 4.32. The molecular weight excluding hydrogens is 350 g/mol. The van der Waals surface area contributed by atoms with Crippen molar-refractivity contribution in [2.75, 3.05) is 28.6 Å². The van der Waals surface area contributed by atoms with Crippen LogP contribution in [-0.4, -0.2) is 30.0 Å². The lowest BCUT2D eigenvalue weighted by Crippen LogP contribution is -2.20. The van der Waals surface area contributed by atoms with Crippen LogP contribution in [0.25, 0.3) is 0 Å². The molecule has 1 aliphatic heterocycles. The molecule has 0 bridgehead atoms. The number of urea groups is 1. The molecule has 1 saturated heterocycles. The molecule has 0 spiro atoms. The number of hydrogen-bond acceptors (Lipinski definition) is 5. The van der Waals surface area contributed by atoms with Crippen molar-refractivity contribution in [1.29, 1.82) is 0 Å². The first-order valence-corrected chi connectivity index (χ1v) is 8.45. The van der Waals surface area contributed by atoms with Crippen LogP contribution in [0.4, 0.5) is 27.5 Å². The van der Waals surface area contributed by atoms with Crippen LogP contribution >= 0.6 is 0 Å². The van der Waals surface area contributed by atoms with E-state index in [1.54, 1.807) is 30.3 Å². The minimum absolute atomic E-state index is 0.0892. The highest BCUT2D eigenvalue weighted by Gasteiger charge is 2.23. The average molecular weight is 369 g/mol. The SMILES string of the molecule is NC(=O)Nc1cccc(NC(=O)c2ccc(N3CCCC3)c([N+](=O)[O-])c2)c1. The Morgan fingerprint density at radius 2 is 1.70 bits per heavy atom. The Labute approximate surface area is 155 Å². The van der Waals surface area contributed by atoms with Crippen molar-refractivity contribution in [3.63, 3.8) is 0 Å². The molecule has 1 aliphatic rings. The predicted molar refractivity (Wildman–Crippen MR) is 102 cm³/mol. The number of hydrogen-bond donors (Lipinski definition) is 3. The van der Waals surface area contributed by atoms with E-state index in [1.807, 2.05) is 4.90 Å². The van der Waals surface area contributed by atoms with Gasteiger partial charge in [0.05, 0.1) is 4.92 Å². The van der Waals surface area contributed by atoms with Gasteiger partial charge in [-0.1, -0.05) is 6.07 Å². The molecule has 0 atom stereocenters. The fraction of sp³-hybridized carbons (Fsp3) is 0.222. The lowest BCUT2D eigenvalue weighted by molar-refractivity contribution is -0.384. The Balaban J connectivity index is 1.81. The van der Waals surface area contributed by atoms with E-state index in [1.165, 1.54) is 12.1 Å². The number of nitro benzene ring substituents is 1. The van der Waals surface area contributed by atoms with Gasteiger partial charge in [0.2, 0.25) is 0 Å². The first-order valence-electron chi connectivity index (χ1n) is 8.45. The fourth-order valence-corrected chi connectivity index (χ4v) is 3.06. The first kappa shape index (κ1) is 18.2. The number of carbonyl (C=O) groups is 2. The van der Waals surface area contributed by atoms with Gasteiger partial charge in [-0.15, -0.1) is 0 Å². The highest BCUT2D eigenvalue weighted by atomic mass is 16.6. The summed E-state index contributed by atoms with van der Waals surface area (Å²) in [6.45, 7) is 1.54. The molecule has 2 aromatic carbocycles. The van der Waals surface area contributed by atoms with Crippen molar-refractivity contribution in [1.82, 2.24) is 0 Å². The highest BCUT2D eigenvalue weighted by Crippen LogP contribution is 2.32. The van der Waals surface area contributed by atoms with E-state index in [2.05, 4.69) is 10.6 Å². The Bertz CT molecular complexity index is 893. The molecule has 140 valence electrons. The number of nitro groups is 1. The Morgan fingerprint density at radius 1 is 1.04 bits per heavy atom. The largest absolute Gasteiger partial charge is 0.366 e. The number of rotatable bonds is 5. The Morgan fingerprint density at radius 3 is 2.33 bits per heavy atom. The Hall–Kier alpha value is -3.62. The van der Waals surface area contributed by atoms with Gasteiger partial charge in [-0.05, 0) is 43.2 Å². The van der Waals surface area contributed by atoms with E-state index in [0.29, 0.717) is 17.1 Å². The van der Waals surface area contributed by atoms with Gasteiger partial charge in [0.1, 0.15) is 5.69 Å². The molecule has 9 nitrogen and oxygen atoms in total. The number of nitrogens with zero attached hydrogens (tertiary/aromatic N) is 2. The summed E-state index contributed by atoms with van der Waals surface area (Å²) in [5.41, 5.74) is 6.55. The van der Waals surface area contributed by atoms with Gasteiger partial charge in [0.15, 0.2) is 0 Å². The number of anilines is 3. The van der Waals surface area contributed by atoms with E-state index in [9.17, 15) is 19.7 Å². The molecule has 0 unspecified atom stereocenters. The second-order valence-corrected chi connectivity index (χ2v) is 6.18. The standard InChI is InChI=1S/C18H19N5O4/c19-18(25)21-14-5-3-4-13(11-14)20-17(24)12-6-7-15(16(10-12)23(26)27)22-8-1-2-9-22/h3-7,10-11H,1-2,8-9H2,(H,20,24)(H3,19,21,25).